The van der Waals surface area contributed by atoms with Gasteiger partial charge in [0.05, 0.1) is 0 Å². The second kappa shape index (κ2) is 4.69. The van der Waals surface area contributed by atoms with E-state index in [-0.39, 0.29) is 11.5 Å². The predicted molar refractivity (Wildman–Crippen MR) is 68.9 cm³/mol. The molecule has 0 aliphatic carbocycles. The number of benzene rings is 2. The van der Waals surface area contributed by atoms with Crippen LogP contribution in [0.1, 0.15) is 0 Å². The summed E-state index contributed by atoms with van der Waals surface area (Å²) in [6.45, 7) is 0. The lowest BCUT2D eigenvalue weighted by Crippen LogP contribution is -2.04. The molecule has 1 heterocycles. The summed E-state index contributed by atoms with van der Waals surface area (Å²) in [6.07, 6.45) is 0. The fourth-order valence-electron chi connectivity index (χ4n) is 1.86. The molecule has 0 saturated carbocycles. The van der Waals surface area contributed by atoms with Crippen molar-refractivity contribution in [3.63, 3.8) is 0 Å². The van der Waals surface area contributed by atoms with Crippen LogP contribution in [0.25, 0.3) is 17.1 Å². The van der Waals surface area contributed by atoms with E-state index in [4.69, 9.17) is 5.73 Å². The number of tetrazole rings is 1. The van der Waals surface area contributed by atoms with Crippen LogP contribution in [0.5, 0.6) is 0 Å². The van der Waals surface area contributed by atoms with Crippen LogP contribution in [0.15, 0.2) is 42.5 Å². The topological polar surface area (TPSA) is 69.6 Å². The Hall–Kier alpha value is -2.83. The van der Waals surface area contributed by atoms with E-state index in [0.29, 0.717) is 11.3 Å². The molecule has 0 saturated heterocycles. The largest absolute Gasteiger partial charge is 0.399 e. The van der Waals surface area contributed by atoms with Gasteiger partial charge in [0, 0.05) is 11.3 Å². The van der Waals surface area contributed by atoms with Crippen LogP contribution in [0.2, 0.25) is 0 Å². The number of hydrogen-bond donors (Lipinski definition) is 1. The third kappa shape index (κ3) is 1.99. The molecule has 20 heavy (non-hydrogen) atoms. The molecular formula is C13H9F2N5. The molecule has 0 unspecified atom stereocenters. The lowest BCUT2D eigenvalue weighted by molar-refractivity contribution is 0.501. The summed E-state index contributed by atoms with van der Waals surface area (Å²) in [5, 5.41) is 11.0. The third-order valence-corrected chi connectivity index (χ3v) is 2.77. The van der Waals surface area contributed by atoms with Crippen LogP contribution in [0, 0.1) is 11.6 Å². The van der Waals surface area contributed by atoms with Gasteiger partial charge < -0.3 is 5.73 Å². The highest BCUT2D eigenvalue weighted by molar-refractivity contribution is 5.62. The number of anilines is 1. The molecule has 3 aromatic rings. The van der Waals surface area contributed by atoms with Gasteiger partial charge in [-0.2, -0.15) is 4.68 Å². The molecule has 1 aromatic heterocycles. The number of halogens is 2. The van der Waals surface area contributed by atoms with Gasteiger partial charge in [0.2, 0.25) is 0 Å². The molecular weight excluding hydrogens is 264 g/mol. The first kappa shape index (κ1) is 12.2. The smallest absolute Gasteiger partial charge is 0.187 e. The van der Waals surface area contributed by atoms with Crippen molar-refractivity contribution in [3.05, 3.63) is 54.1 Å². The van der Waals surface area contributed by atoms with Crippen molar-refractivity contribution in [3.8, 4) is 17.1 Å². The molecule has 2 N–H and O–H groups in total. The lowest BCUT2D eigenvalue weighted by Gasteiger charge is -2.06. The number of nitrogens with two attached hydrogens (primary N) is 1. The van der Waals surface area contributed by atoms with Gasteiger partial charge in [0.1, 0.15) is 5.69 Å². The summed E-state index contributed by atoms with van der Waals surface area (Å²) in [6, 6.07) is 10.6. The number of hydrogen-bond acceptors (Lipinski definition) is 4. The molecule has 0 amide bonds. The molecule has 3 rings (SSSR count). The Morgan fingerprint density at radius 3 is 2.65 bits per heavy atom. The van der Waals surface area contributed by atoms with Gasteiger partial charge in [-0.3, -0.25) is 0 Å². The summed E-state index contributed by atoms with van der Waals surface area (Å²) < 4.78 is 28.2. The zero-order valence-corrected chi connectivity index (χ0v) is 10.2. The van der Waals surface area contributed by atoms with Gasteiger partial charge in [0.15, 0.2) is 17.5 Å². The van der Waals surface area contributed by atoms with Gasteiger partial charge in [-0.15, -0.1) is 5.10 Å². The van der Waals surface area contributed by atoms with Crippen LogP contribution in [0.4, 0.5) is 14.5 Å². The van der Waals surface area contributed by atoms with E-state index >= 15 is 0 Å². The van der Waals surface area contributed by atoms with Crippen LogP contribution in [-0.2, 0) is 0 Å². The lowest BCUT2D eigenvalue weighted by atomic mass is 10.2. The van der Waals surface area contributed by atoms with E-state index in [1.807, 2.05) is 0 Å². The summed E-state index contributed by atoms with van der Waals surface area (Å²) in [4.78, 5) is 0. The Morgan fingerprint density at radius 2 is 1.85 bits per heavy atom. The minimum absolute atomic E-state index is 0.0626. The Labute approximate surface area is 112 Å². The van der Waals surface area contributed by atoms with Crippen LogP contribution < -0.4 is 5.73 Å². The summed E-state index contributed by atoms with van der Waals surface area (Å²) in [5.41, 5.74) is 6.77. The number of nitrogens with zero attached hydrogens (tertiary/aromatic N) is 4. The normalized spacial score (nSPS) is 10.7. The maximum Gasteiger partial charge on any atom is 0.187 e. The molecule has 100 valence electrons. The van der Waals surface area contributed by atoms with Crippen LogP contribution in [-0.4, -0.2) is 20.2 Å². The number of aromatic nitrogens is 4. The van der Waals surface area contributed by atoms with E-state index in [1.165, 1.54) is 12.1 Å². The second-order valence-corrected chi connectivity index (χ2v) is 4.11. The van der Waals surface area contributed by atoms with Gasteiger partial charge in [-0.1, -0.05) is 18.2 Å². The predicted octanol–water partition coefficient (Wildman–Crippen LogP) is 2.19. The van der Waals surface area contributed by atoms with Crippen molar-refractivity contribution in [2.24, 2.45) is 0 Å². The van der Waals surface area contributed by atoms with Crippen molar-refractivity contribution in [1.29, 1.82) is 0 Å². The van der Waals surface area contributed by atoms with E-state index in [0.717, 1.165) is 10.7 Å². The Morgan fingerprint density at radius 1 is 1.05 bits per heavy atom. The Kier molecular flexibility index (Phi) is 2.86. The van der Waals surface area contributed by atoms with Crippen LogP contribution >= 0.6 is 0 Å². The van der Waals surface area contributed by atoms with Crippen LogP contribution in [0.3, 0.4) is 0 Å². The van der Waals surface area contributed by atoms with Crippen molar-refractivity contribution in [1.82, 2.24) is 20.2 Å². The quantitative estimate of drug-likeness (QED) is 0.727. The number of nitrogen functional groups attached to an aromatic ring is 1. The third-order valence-electron chi connectivity index (χ3n) is 2.77. The zero-order valence-electron chi connectivity index (χ0n) is 10.2. The minimum atomic E-state index is -1.01. The standard InChI is InChI=1S/C13H9F2N5/c14-10-5-2-6-11(12(10)15)20-13(17-18-19-20)8-3-1-4-9(16)7-8/h1-7H,16H2. The fourth-order valence-corrected chi connectivity index (χ4v) is 1.86. The van der Waals surface area contributed by atoms with E-state index in [1.54, 1.807) is 24.3 Å². The number of rotatable bonds is 2. The van der Waals surface area contributed by atoms with Crippen molar-refractivity contribution in [2.45, 2.75) is 0 Å². The molecule has 7 heteroatoms. The van der Waals surface area contributed by atoms with E-state index < -0.39 is 11.6 Å². The minimum Gasteiger partial charge on any atom is -0.399 e. The Balaban J connectivity index is 2.18. The summed E-state index contributed by atoms with van der Waals surface area (Å²) in [7, 11) is 0. The molecule has 0 bridgehead atoms. The van der Waals surface area contributed by atoms with E-state index in [9.17, 15) is 8.78 Å². The first-order valence-corrected chi connectivity index (χ1v) is 5.75. The zero-order chi connectivity index (χ0) is 14.1. The first-order chi connectivity index (χ1) is 9.66. The van der Waals surface area contributed by atoms with Gasteiger partial charge in [-0.05, 0) is 34.7 Å². The second-order valence-electron chi connectivity index (χ2n) is 4.11. The molecule has 0 aliphatic heterocycles. The maximum absolute atomic E-state index is 13.8. The van der Waals surface area contributed by atoms with Crippen molar-refractivity contribution >= 4 is 5.69 Å². The molecule has 2 aromatic carbocycles. The summed E-state index contributed by atoms with van der Waals surface area (Å²) in [5.74, 6) is -1.69. The molecule has 0 fully saturated rings. The SMILES string of the molecule is Nc1cccc(-c2nnnn2-c2cccc(F)c2F)c1. The molecule has 0 spiro atoms. The van der Waals surface area contributed by atoms with Crippen molar-refractivity contribution < 1.29 is 8.78 Å². The average molecular weight is 273 g/mol. The maximum atomic E-state index is 13.8. The molecule has 0 aliphatic rings. The fraction of sp³-hybridized carbons (Fsp3) is 0. The van der Waals surface area contributed by atoms with Gasteiger partial charge in [0.25, 0.3) is 0 Å². The highest BCUT2D eigenvalue weighted by Gasteiger charge is 2.16. The average Bonchev–Trinajstić information content (AvgIpc) is 2.91. The monoisotopic (exact) mass is 273 g/mol. The molecule has 0 radical (unpaired) electrons. The van der Waals surface area contributed by atoms with Gasteiger partial charge in [-0.25, -0.2) is 8.78 Å². The highest BCUT2D eigenvalue weighted by atomic mass is 19.2. The molecule has 5 nitrogen and oxygen atoms in total. The van der Waals surface area contributed by atoms with Gasteiger partial charge >= 0.3 is 0 Å². The summed E-state index contributed by atoms with van der Waals surface area (Å²) >= 11 is 0. The Bertz CT molecular complexity index is 769. The van der Waals surface area contributed by atoms with E-state index in [2.05, 4.69) is 15.5 Å². The van der Waals surface area contributed by atoms with Crippen molar-refractivity contribution in [2.75, 3.05) is 5.73 Å². The molecule has 0 atom stereocenters. The highest BCUT2D eigenvalue weighted by Crippen LogP contribution is 2.23. The first-order valence-electron chi connectivity index (χ1n) is 5.75.